The van der Waals surface area contributed by atoms with Crippen molar-refractivity contribution in [3.05, 3.63) is 47.1 Å². The standard InChI is InChI=1S/C22H28N2O5/c1-13(2)23-18-12-17(15-8-10-16(27-5)11-9-15)19(21(25)28-6)20(22(26)29-7)24(18)14(3)4/h8-14H,1-7H3. The van der Waals surface area contributed by atoms with Crippen molar-refractivity contribution in [1.82, 2.24) is 4.57 Å². The maximum Gasteiger partial charge on any atom is 0.355 e. The topological polar surface area (TPSA) is 79.1 Å². The fourth-order valence-electron chi connectivity index (χ4n) is 3.12. The fourth-order valence-corrected chi connectivity index (χ4v) is 3.12. The number of hydrogen-bond donors (Lipinski definition) is 0. The van der Waals surface area contributed by atoms with Crippen LogP contribution in [-0.2, 0) is 9.47 Å². The zero-order valence-electron chi connectivity index (χ0n) is 18.0. The summed E-state index contributed by atoms with van der Waals surface area (Å²) in [6.07, 6.45) is 0. The van der Waals surface area contributed by atoms with Crippen LogP contribution in [0.25, 0.3) is 11.1 Å². The smallest absolute Gasteiger partial charge is 0.355 e. The maximum absolute atomic E-state index is 12.8. The Bertz CT molecular complexity index is 956. The molecule has 1 aromatic carbocycles. The van der Waals surface area contributed by atoms with Gasteiger partial charge in [-0.05, 0) is 51.5 Å². The van der Waals surface area contributed by atoms with Crippen molar-refractivity contribution in [2.75, 3.05) is 21.3 Å². The highest BCUT2D eigenvalue weighted by molar-refractivity contribution is 6.06. The van der Waals surface area contributed by atoms with Gasteiger partial charge < -0.3 is 18.8 Å². The zero-order chi connectivity index (χ0) is 21.7. The van der Waals surface area contributed by atoms with Gasteiger partial charge in [-0.25, -0.2) is 9.59 Å². The number of nitrogens with zero attached hydrogens (tertiary/aromatic N) is 2. The first-order valence-corrected chi connectivity index (χ1v) is 9.39. The first-order valence-electron chi connectivity index (χ1n) is 9.39. The van der Waals surface area contributed by atoms with Gasteiger partial charge in [-0.1, -0.05) is 12.1 Å². The third-order valence-electron chi connectivity index (χ3n) is 4.34. The molecule has 0 spiro atoms. The summed E-state index contributed by atoms with van der Waals surface area (Å²) in [5.41, 5.74) is 2.10. The summed E-state index contributed by atoms with van der Waals surface area (Å²) in [5.74, 6) is -0.571. The molecule has 0 amide bonds. The Kier molecular flexibility index (Phi) is 7.20. The molecule has 29 heavy (non-hydrogen) atoms. The number of aromatic nitrogens is 1. The van der Waals surface area contributed by atoms with E-state index in [4.69, 9.17) is 14.2 Å². The molecule has 0 aliphatic carbocycles. The molecule has 0 fully saturated rings. The summed E-state index contributed by atoms with van der Waals surface area (Å²) >= 11 is 0. The minimum Gasteiger partial charge on any atom is -0.497 e. The van der Waals surface area contributed by atoms with Crippen LogP contribution in [0, 0.1) is 0 Å². The maximum atomic E-state index is 12.8. The number of esters is 2. The Morgan fingerprint density at radius 2 is 1.52 bits per heavy atom. The number of carbonyl (C=O) groups excluding carboxylic acids is 2. The molecule has 156 valence electrons. The van der Waals surface area contributed by atoms with Gasteiger partial charge in [0.1, 0.15) is 16.9 Å². The van der Waals surface area contributed by atoms with Crippen molar-refractivity contribution in [2.45, 2.75) is 39.8 Å². The molecule has 1 aromatic heterocycles. The lowest BCUT2D eigenvalue weighted by molar-refractivity contribution is 0.0542. The van der Waals surface area contributed by atoms with E-state index in [9.17, 15) is 9.59 Å². The average Bonchev–Trinajstić information content (AvgIpc) is 2.71. The molecular weight excluding hydrogens is 372 g/mol. The van der Waals surface area contributed by atoms with Gasteiger partial charge in [0.25, 0.3) is 0 Å². The lowest BCUT2D eigenvalue weighted by atomic mass is 9.97. The van der Waals surface area contributed by atoms with Gasteiger partial charge in [0, 0.05) is 17.6 Å². The summed E-state index contributed by atoms with van der Waals surface area (Å²) in [6.45, 7) is 7.73. The summed E-state index contributed by atoms with van der Waals surface area (Å²) in [4.78, 5) is 30.3. The molecule has 0 radical (unpaired) electrons. The van der Waals surface area contributed by atoms with Crippen LogP contribution in [0.1, 0.15) is 54.6 Å². The van der Waals surface area contributed by atoms with Gasteiger partial charge in [-0.3, -0.25) is 4.99 Å². The monoisotopic (exact) mass is 400 g/mol. The average molecular weight is 400 g/mol. The predicted molar refractivity (Wildman–Crippen MR) is 110 cm³/mol. The second-order valence-corrected chi connectivity index (χ2v) is 7.04. The van der Waals surface area contributed by atoms with Gasteiger partial charge >= 0.3 is 11.9 Å². The SMILES string of the molecule is COC(=O)c1c(-c2ccc(OC)cc2)cc(=NC(C)C)n(C(C)C)c1C(=O)OC. The van der Waals surface area contributed by atoms with Crippen molar-refractivity contribution in [3.8, 4) is 16.9 Å². The Morgan fingerprint density at radius 1 is 0.931 bits per heavy atom. The first-order chi connectivity index (χ1) is 13.7. The molecule has 2 aromatic rings. The molecule has 2 rings (SSSR count). The second kappa shape index (κ2) is 9.41. The van der Waals surface area contributed by atoms with E-state index in [0.717, 1.165) is 5.56 Å². The predicted octanol–water partition coefficient (Wildman–Crippen LogP) is 3.63. The van der Waals surface area contributed by atoms with Crippen LogP contribution in [0.3, 0.4) is 0 Å². The van der Waals surface area contributed by atoms with Crippen molar-refractivity contribution in [3.63, 3.8) is 0 Å². The molecular formula is C22H28N2O5. The molecule has 0 N–H and O–H groups in total. The molecule has 7 nitrogen and oxygen atoms in total. The van der Waals surface area contributed by atoms with Crippen LogP contribution in [0.4, 0.5) is 0 Å². The van der Waals surface area contributed by atoms with Crippen LogP contribution in [0.2, 0.25) is 0 Å². The first kappa shape index (κ1) is 22.2. The summed E-state index contributed by atoms with van der Waals surface area (Å²) in [6, 6.07) is 8.86. The third-order valence-corrected chi connectivity index (χ3v) is 4.34. The van der Waals surface area contributed by atoms with E-state index in [1.165, 1.54) is 14.2 Å². The van der Waals surface area contributed by atoms with Crippen LogP contribution < -0.4 is 10.2 Å². The summed E-state index contributed by atoms with van der Waals surface area (Å²) < 4.78 is 17.0. The lowest BCUT2D eigenvalue weighted by Gasteiger charge is -2.22. The molecule has 0 bridgehead atoms. The highest BCUT2D eigenvalue weighted by atomic mass is 16.5. The van der Waals surface area contributed by atoms with Gasteiger partial charge in [0.05, 0.1) is 26.9 Å². The normalized spacial score (nSPS) is 11.7. The molecule has 0 aliphatic heterocycles. The minimum absolute atomic E-state index is 0.0156. The Labute approximate surface area is 170 Å². The number of methoxy groups -OCH3 is 3. The van der Waals surface area contributed by atoms with E-state index in [1.54, 1.807) is 29.9 Å². The molecule has 0 saturated heterocycles. The second-order valence-electron chi connectivity index (χ2n) is 7.04. The largest absolute Gasteiger partial charge is 0.497 e. The summed E-state index contributed by atoms with van der Waals surface area (Å²) in [7, 11) is 4.15. The van der Waals surface area contributed by atoms with Crippen molar-refractivity contribution < 1.29 is 23.8 Å². The van der Waals surface area contributed by atoms with Crippen LogP contribution in [0.5, 0.6) is 5.75 Å². The third kappa shape index (κ3) is 4.67. The Hall–Kier alpha value is -3.09. The van der Waals surface area contributed by atoms with Gasteiger partial charge in [-0.2, -0.15) is 0 Å². The Balaban J connectivity index is 3.04. The summed E-state index contributed by atoms with van der Waals surface area (Å²) in [5, 5.41) is 0. The van der Waals surface area contributed by atoms with E-state index < -0.39 is 11.9 Å². The van der Waals surface area contributed by atoms with E-state index in [1.807, 2.05) is 39.8 Å². The number of carbonyl (C=O) groups is 2. The molecule has 0 aliphatic rings. The van der Waals surface area contributed by atoms with Crippen LogP contribution in [0.15, 0.2) is 35.3 Å². The number of rotatable bonds is 6. The number of ether oxygens (including phenoxy) is 3. The van der Waals surface area contributed by atoms with Crippen LogP contribution in [-0.4, -0.2) is 43.9 Å². The van der Waals surface area contributed by atoms with Crippen molar-refractivity contribution in [1.29, 1.82) is 0 Å². The minimum atomic E-state index is -0.630. The lowest BCUT2D eigenvalue weighted by Crippen LogP contribution is -2.33. The highest BCUT2D eigenvalue weighted by Crippen LogP contribution is 2.29. The van der Waals surface area contributed by atoms with E-state index in [2.05, 4.69) is 4.99 Å². The number of hydrogen-bond acceptors (Lipinski definition) is 6. The van der Waals surface area contributed by atoms with Crippen molar-refractivity contribution in [2.24, 2.45) is 4.99 Å². The van der Waals surface area contributed by atoms with Crippen LogP contribution >= 0.6 is 0 Å². The molecule has 0 atom stereocenters. The van der Waals surface area contributed by atoms with E-state index >= 15 is 0 Å². The number of pyridine rings is 1. The molecule has 0 saturated carbocycles. The molecule has 0 unspecified atom stereocenters. The van der Waals surface area contributed by atoms with Gasteiger partial charge in [-0.15, -0.1) is 0 Å². The van der Waals surface area contributed by atoms with E-state index in [-0.39, 0.29) is 23.3 Å². The van der Waals surface area contributed by atoms with Gasteiger partial charge in [0.15, 0.2) is 0 Å². The molecule has 7 heteroatoms. The molecule has 1 heterocycles. The fraction of sp³-hybridized carbons (Fsp3) is 0.409. The highest BCUT2D eigenvalue weighted by Gasteiger charge is 2.28. The number of benzene rings is 1. The van der Waals surface area contributed by atoms with Crippen molar-refractivity contribution >= 4 is 11.9 Å². The quantitative estimate of drug-likeness (QED) is 0.692. The van der Waals surface area contributed by atoms with E-state index in [0.29, 0.717) is 16.8 Å². The zero-order valence-corrected chi connectivity index (χ0v) is 18.0. The Morgan fingerprint density at radius 3 is 1.97 bits per heavy atom. The van der Waals surface area contributed by atoms with Gasteiger partial charge in [0.2, 0.25) is 0 Å².